The summed E-state index contributed by atoms with van der Waals surface area (Å²) in [4.78, 5) is 13.7. The van der Waals surface area contributed by atoms with Gasteiger partial charge in [0.25, 0.3) is 0 Å². The summed E-state index contributed by atoms with van der Waals surface area (Å²) in [5.41, 5.74) is 8.66. The minimum absolute atomic E-state index is 0.439. The summed E-state index contributed by atoms with van der Waals surface area (Å²) in [5.74, 6) is 0.0678. The molecule has 0 unspecified atom stereocenters. The highest BCUT2D eigenvalue weighted by Crippen LogP contribution is 2.26. The molecule has 3 N–H and O–H groups in total. The number of hydrogen-bond donors (Lipinski definition) is 2. The minimum atomic E-state index is -0.495. The van der Waals surface area contributed by atoms with Gasteiger partial charge in [0.2, 0.25) is 0 Å². The molecule has 0 radical (unpaired) electrons. The van der Waals surface area contributed by atoms with Crippen molar-refractivity contribution in [1.29, 1.82) is 0 Å². The van der Waals surface area contributed by atoms with Gasteiger partial charge in [-0.2, -0.15) is 0 Å². The molecule has 3 rings (SSSR count). The Morgan fingerprint density at radius 1 is 1.19 bits per heavy atom. The number of nitrogen functional groups attached to an aromatic ring is 1. The molecule has 3 aromatic rings. The number of anilines is 1. The first-order valence-electron chi connectivity index (χ1n) is 6.81. The Morgan fingerprint density at radius 3 is 2.81 bits per heavy atom. The Morgan fingerprint density at radius 2 is 2.00 bits per heavy atom. The molecule has 0 bridgehead atoms. The maximum Gasteiger partial charge on any atom is 0.417 e. The zero-order valence-corrected chi connectivity index (χ0v) is 11.5. The molecule has 1 heterocycles. The second-order valence-electron chi connectivity index (χ2n) is 4.84. The number of aryl methyl sites for hydroxylation is 1. The average Bonchev–Trinajstić information content (AvgIpc) is 2.83. The molecule has 0 aliphatic carbocycles. The van der Waals surface area contributed by atoms with Crippen molar-refractivity contribution in [2.75, 3.05) is 12.3 Å². The van der Waals surface area contributed by atoms with Gasteiger partial charge in [-0.1, -0.05) is 30.3 Å². The van der Waals surface area contributed by atoms with Crippen molar-refractivity contribution in [3.63, 3.8) is 0 Å². The van der Waals surface area contributed by atoms with Crippen molar-refractivity contribution in [3.8, 4) is 5.75 Å². The highest BCUT2D eigenvalue weighted by atomic mass is 16.5. The zero-order chi connectivity index (χ0) is 14.7. The Hall–Kier alpha value is -2.69. The van der Waals surface area contributed by atoms with E-state index in [-0.39, 0.29) is 0 Å². The molecule has 0 atom stereocenters. The van der Waals surface area contributed by atoms with Crippen molar-refractivity contribution in [3.05, 3.63) is 58.6 Å². The highest BCUT2D eigenvalue weighted by Gasteiger charge is 2.07. The maximum absolute atomic E-state index is 11.1. The maximum atomic E-state index is 11.1. The van der Waals surface area contributed by atoms with E-state index in [0.29, 0.717) is 29.1 Å². The standard InChI is InChI=1S/C16H16N2O3/c17-12-9-15-13(18-16(19)21-15)10-14(12)20-8-4-7-11-5-2-1-3-6-11/h1-3,5-6,9-10H,4,7-8,17H2,(H,18,19). The lowest BCUT2D eigenvalue weighted by molar-refractivity contribution is 0.313. The van der Waals surface area contributed by atoms with Gasteiger partial charge in [0.15, 0.2) is 5.58 Å². The van der Waals surface area contributed by atoms with E-state index in [4.69, 9.17) is 14.9 Å². The lowest BCUT2D eigenvalue weighted by atomic mass is 10.1. The van der Waals surface area contributed by atoms with E-state index in [9.17, 15) is 4.79 Å². The third-order valence-electron chi connectivity index (χ3n) is 3.26. The van der Waals surface area contributed by atoms with Crippen LogP contribution in [0, 0.1) is 0 Å². The molecular formula is C16H16N2O3. The number of aromatic amines is 1. The molecule has 0 spiro atoms. The van der Waals surface area contributed by atoms with Crippen LogP contribution < -0.4 is 16.2 Å². The van der Waals surface area contributed by atoms with E-state index < -0.39 is 5.76 Å². The molecule has 2 aromatic carbocycles. The Labute approximate surface area is 121 Å². The summed E-state index contributed by atoms with van der Waals surface area (Å²) in [7, 11) is 0. The van der Waals surface area contributed by atoms with Crippen LogP contribution in [0.1, 0.15) is 12.0 Å². The summed E-state index contributed by atoms with van der Waals surface area (Å²) >= 11 is 0. The highest BCUT2D eigenvalue weighted by molar-refractivity contribution is 5.80. The van der Waals surface area contributed by atoms with Crippen molar-refractivity contribution < 1.29 is 9.15 Å². The SMILES string of the molecule is Nc1cc2oc(=O)[nH]c2cc1OCCCc1ccccc1. The normalized spacial score (nSPS) is 10.9. The van der Waals surface area contributed by atoms with E-state index in [1.807, 2.05) is 18.2 Å². The fourth-order valence-electron chi connectivity index (χ4n) is 2.22. The first kappa shape index (κ1) is 13.3. The number of benzene rings is 2. The first-order valence-corrected chi connectivity index (χ1v) is 6.81. The van der Waals surface area contributed by atoms with Crippen molar-refractivity contribution in [2.45, 2.75) is 12.8 Å². The van der Waals surface area contributed by atoms with Gasteiger partial charge >= 0.3 is 5.76 Å². The van der Waals surface area contributed by atoms with Gasteiger partial charge in [0.05, 0.1) is 17.8 Å². The summed E-state index contributed by atoms with van der Waals surface area (Å²) < 4.78 is 10.6. The second-order valence-corrected chi connectivity index (χ2v) is 4.84. The average molecular weight is 284 g/mol. The lowest BCUT2D eigenvalue weighted by Crippen LogP contribution is -2.02. The van der Waals surface area contributed by atoms with Crippen LogP contribution in [0.25, 0.3) is 11.1 Å². The van der Waals surface area contributed by atoms with Crippen LogP contribution in [0.3, 0.4) is 0 Å². The molecule has 0 saturated carbocycles. The molecule has 0 amide bonds. The fraction of sp³-hybridized carbons (Fsp3) is 0.188. The van der Waals surface area contributed by atoms with Crippen LogP contribution in [0.4, 0.5) is 5.69 Å². The van der Waals surface area contributed by atoms with E-state index in [1.54, 1.807) is 12.1 Å². The Balaban J connectivity index is 1.62. The van der Waals surface area contributed by atoms with Gasteiger partial charge in [-0.25, -0.2) is 4.79 Å². The third kappa shape index (κ3) is 3.08. The molecule has 21 heavy (non-hydrogen) atoms. The number of oxazole rings is 1. The first-order chi connectivity index (χ1) is 10.2. The summed E-state index contributed by atoms with van der Waals surface area (Å²) in [5, 5.41) is 0. The largest absolute Gasteiger partial charge is 0.491 e. The molecule has 5 heteroatoms. The molecule has 108 valence electrons. The molecular weight excluding hydrogens is 268 g/mol. The lowest BCUT2D eigenvalue weighted by Gasteiger charge is -2.08. The fourth-order valence-corrected chi connectivity index (χ4v) is 2.22. The molecule has 0 aliphatic rings. The van der Waals surface area contributed by atoms with E-state index in [0.717, 1.165) is 12.8 Å². The third-order valence-corrected chi connectivity index (χ3v) is 3.26. The van der Waals surface area contributed by atoms with Crippen LogP contribution in [-0.4, -0.2) is 11.6 Å². The summed E-state index contributed by atoms with van der Waals surface area (Å²) in [6, 6.07) is 13.5. The van der Waals surface area contributed by atoms with Gasteiger partial charge in [0.1, 0.15) is 5.75 Å². The van der Waals surface area contributed by atoms with Gasteiger partial charge in [-0.15, -0.1) is 0 Å². The van der Waals surface area contributed by atoms with Crippen LogP contribution in [0.15, 0.2) is 51.7 Å². The van der Waals surface area contributed by atoms with Crippen molar-refractivity contribution in [1.82, 2.24) is 4.98 Å². The quantitative estimate of drug-likeness (QED) is 0.557. The number of nitrogens with one attached hydrogen (secondary N) is 1. The number of fused-ring (bicyclic) bond motifs is 1. The molecule has 1 aromatic heterocycles. The predicted molar refractivity (Wildman–Crippen MR) is 81.5 cm³/mol. The van der Waals surface area contributed by atoms with Crippen molar-refractivity contribution >= 4 is 16.8 Å². The molecule has 0 fully saturated rings. The number of rotatable bonds is 5. The number of ether oxygens (including phenoxy) is 1. The second kappa shape index (κ2) is 5.75. The zero-order valence-electron chi connectivity index (χ0n) is 11.5. The van der Waals surface area contributed by atoms with Crippen LogP contribution in [-0.2, 0) is 6.42 Å². The monoisotopic (exact) mass is 284 g/mol. The van der Waals surface area contributed by atoms with E-state index in [2.05, 4.69) is 17.1 Å². The van der Waals surface area contributed by atoms with Crippen LogP contribution in [0.5, 0.6) is 5.75 Å². The molecule has 0 saturated heterocycles. The summed E-state index contributed by atoms with van der Waals surface area (Å²) in [6.45, 7) is 0.562. The van der Waals surface area contributed by atoms with Crippen LogP contribution in [0.2, 0.25) is 0 Å². The van der Waals surface area contributed by atoms with Gasteiger partial charge in [-0.05, 0) is 18.4 Å². The number of hydrogen-bond acceptors (Lipinski definition) is 4. The van der Waals surface area contributed by atoms with E-state index >= 15 is 0 Å². The van der Waals surface area contributed by atoms with Gasteiger partial charge in [0, 0.05) is 12.1 Å². The summed E-state index contributed by atoms with van der Waals surface area (Å²) in [6.07, 6.45) is 1.84. The predicted octanol–water partition coefficient (Wildman–Crippen LogP) is 2.71. The number of nitrogens with two attached hydrogens (primary N) is 1. The van der Waals surface area contributed by atoms with Crippen LogP contribution >= 0.6 is 0 Å². The smallest absolute Gasteiger partial charge is 0.417 e. The number of H-pyrrole nitrogens is 1. The topological polar surface area (TPSA) is 81.2 Å². The Kier molecular flexibility index (Phi) is 3.64. The minimum Gasteiger partial charge on any atom is -0.491 e. The van der Waals surface area contributed by atoms with Gasteiger partial charge < -0.3 is 14.9 Å². The van der Waals surface area contributed by atoms with E-state index in [1.165, 1.54) is 5.56 Å². The van der Waals surface area contributed by atoms with Gasteiger partial charge in [-0.3, -0.25) is 4.98 Å². The molecule has 5 nitrogen and oxygen atoms in total. The van der Waals surface area contributed by atoms with Crippen molar-refractivity contribution in [2.24, 2.45) is 0 Å². The Bertz CT molecular complexity index is 790. The molecule has 0 aliphatic heterocycles. The number of aromatic nitrogens is 1.